The van der Waals surface area contributed by atoms with Gasteiger partial charge in [-0.3, -0.25) is 19.7 Å². The number of benzene rings is 4. The number of carbonyl (C=O) groups is 4. The summed E-state index contributed by atoms with van der Waals surface area (Å²) in [5.41, 5.74) is 3.35. The molecule has 0 aliphatic carbocycles. The lowest BCUT2D eigenvalue weighted by molar-refractivity contribution is -0.134. The Morgan fingerprint density at radius 2 is 1.07 bits per heavy atom. The van der Waals surface area contributed by atoms with Gasteiger partial charge in [0.25, 0.3) is 0 Å². The van der Waals surface area contributed by atoms with Crippen molar-refractivity contribution in [2.75, 3.05) is 0 Å². The van der Waals surface area contributed by atoms with Crippen LogP contribution in [0.15, 0.2) is 120 Å². The molecule has 55 heavy (non-hydrogen) atoms. The Balaban J connectivity index is 1.57. The van der Waals surface area contributed by atoms with Crippen molar-refractivity contribution in [3.05, 3.63) is 142 Å². The van der Waals surface area contributed by atoms with Crippen LogP contribution in [-0.4, -0.2) is 59.2 Å². The molecule has 0 saturated heterocycles. The van der Waals surface area contributed by atoms with E-state index in [-0.39, 0.29) is 43.9 Å². The van der Waals surface area contributed by atoms with Gasteiger partial charge in [-0.15, -0.1) is 0 Å². The molecule has 5 atom stereocenters. The lowest BCUT2D eigenvalue weighted by Gasteiger charge is -2.33. The number of alkyl carbamates (subject to hydrolysis) is 1. The molecule has 0 aliphatic rings. The van der Waals surface area contributed by atoms with Crippen molar-refractivity contribution in [2.24, 2.45) is 11.8 Å². The van der Waals surface area contributed by atoms with Crippen molar-refractivity contribution in [1.29, 1.82) is 0 Å². The van der Waals surface area contributed by atoms with Crippen molar-refractivity contribution >= 4 is 39.7 Å². The van der Waals surface area contributed by atoms with Crippen molar-refractivity contribution < 1.29 is 29.0 Å². The quantitative estimate of drug-likeness (QED) is 0.0740. The van der Waals surface area contributed by atoms with Crippen LogP contribution < -0.4 is 26.6 Å². The molecule has 11 nitrogen and oxygen atoms in total. The Morgan fingerprint density at radius 1 is 0.582 bits per heavy atom. The van der Waals surface area contributed by atoms with Crippen LogP contribution in [0.4, 0.5) is 4.79 Å². The highest BCUT2D eigenvalue weighted by atomic mass is 79.9. The van der Waals surface area contributed by atoms with E-state index < -0.39 is 48.2 Å². The fourth-order valence-electron chi connectivity index (χ4n) is 5.93. The van der Waals surface area contributed by atoms with Crippen LogP contribution in [0.5, 0.6) is 0 Å². The van der Waals surface area contributed by atoms with Gasteiger partial charge in [0.05, 0.1) is 12.1 Å². The SMILES string of the molecule is CC(C)[C@H](NC(=O)OCc1ccccc1)C(=O)N[C@@H](Cc1ccccc1)[C@@H](O)[C@@H](NCc1ccc(Br)cc1)C(=O)N[C@H](C(=O)NCc1ccccc1)C(C)C. The van der Waals surface area contributed by atoms with Gasteiger partial charge in [0.15, 0.2) is 0 Å². The van der Waals surface area contributed by atoms with E-state index in [0.29, 0.717) is 0 Å². The van der Waals surface area contributed by atoms with Crippen molar-refractivity contribution in [1.82, 2.24) is 26.6 Å². The van der Waals surface area contributed by atoms with E-state index in [1.165, 1.54) is 0 Å². The molecule has 0 bridgehead atoms. The number of amides is 4. The number of aliphatic hydroxyl groups excluding tert-OH is 1. The number of ether oxygens (including phenoxy) is 1. The Bertz CT molecular complexity index is 1800. The molecule has 292 valence electrons. The van der Waals surface area contributed by atoms with Crippen LogP contribution in [0.1, 0.15) is 49.9 Å². The molecule has 0 radical (unpaired) electrons. The summed E-state index contributed by atoms with van der Waals surface area (Å²) in [5.74, 6) is -2.18. The Hall–Kier alpha value is -5.04. The molecule has 4 aromatic rings. The average Bonchev–Trinajstić information content (AvgIpc) is 3.18. The predicted octanol–water partition coefficient (Wildman–Crippen LogP) is 5.40. The summed E-state index contributed by atoms with van der Waals surface area (Å²) in [6.45, 7) is 7.74. The Labute approximate surface area is 332 Å². The normalized spacial score (nSPS) is 13.9. The zero-order valence-corrected chi connectivity index (χ0v) is 33.3. The summed E-state index contributed by atoms with van der Waals surface area (Å²) in [7, 11) is 0. The van der Waals surface area contributed by atoms with Gasteiger partial charge in [-0.1, -0.05) is 147 Å². The van der Waals surface area contributed by atoms with E-state index >= 15 is 0 Å². The summed E-state index contributed by atoms with van der Waals surface area (Å²) in [5, 5.41) is 26.8. The summed E-state index contributed by atoms with van der Waals surface area (Å²) in [6.07, 6.45) is -2.10. The van der Waals surface area contributed by atoms with Gasteiger partial charge in [0.1, 0.15) is 24.7 Å². The number of rotatable bonds is 19. The highest BCUT2D eigenvalue weighted by Gasteiger charge is 2.38. The number of aliphatic hydroxyl groups is 1. The third-order valence-electron chi connectivity index (χ3n) is 9.09. The van der Waals surface area contributed by atoms with Crippen molar-refractivity contribution in [3.8, 4) is 0 Å². The molecule has 4 amide bonds. The minimum absolute atomic E-state index is 0.0247. The molecule has 0 spiro atoms. The monoisotopic (exact) mass is 813 g/mol. The smallest absolute Gasteiger partial charge is 0.408 e. The van der Waals surface area contributed by atoms with Gasteiger partial charge < -0.3 is 31.1 Å². The molecule has 4 rings (SSSR count). The number of hydrogen-bond acceptors (Lipinski definition) is 7. The first-order valence-electron chi connectivity index (χ1n) is 18.5. The van der Waals surface area contributed by atoms with E-state index in [1.807, 2.05) is 129 Å². The van der Waals surface area contributed by atoms with Gasteiger partial charge >= 0.3 is 6.09 Å². The van der Waals surface area contributed by atoms with Crippen LogP contribution in [0.3, 0.4) is 0 Å². The second-order valence-corrected chi connectivity index (χ2v) is 15.1. The third-order valence-corrected chi connectivity index (χ3v) is 9.62. The number of hydrogen-bond donors (Lipinski definition) is 6. The van der Waals surface area contributed by atoms with Crippen molar-refractivity contribution in [3.63, 3.8) is 0 Å². The molecule has 0 heterocycles. The fourth-order valence-corrected chi connectivity index (χ4v) is 6.19. The molecule has 0 fully saturated rings. The Kier molecular flexibility index (Phi) is 16.9. The number of carbonyl (C=O) groups excluding carboxylic acids is 4. The zero-order chi connectivity index (χ0) is 39.7. The minimum atomic E-state index is -1.49. The summed E-state index contributed by atoms with van der Waals surface area (Å²) in [6, 6.07) is 31.2. The van der Waals surface area contributed by atoms with Crippen LogP contribution in [0.2, 0.25) is 0 Å². The standard InChI is InChI=1S/C43H52BrN5O6/c1-28(2)36(40(51)46-26-31-16-10-6-11-17-31)48-42(53)38(45-25-32-20-22-34(44)23-21-32)39(50)35(24-30-14-8-5-9-15-30)47-41(52)37(29(3)4)49-43(54)55-27-33-18-12-7-13-19-33/h5-23,28-29,35-39,45,50H,24-27H2,1-4H3,(H,46,51)(H,47,52)(H,48,53)(H,49,54)/t35-,36-,37-,38+,39+/m0/s1. The third kappa shape index (κ3) is 14.0. The molecule has 6 N–H and O–H groups in total. The van der Waals surface area contributed by atoms with E-state index in [4.69, 9.17) is 4.74 Å². The maximum absolute atomic E-state index is 14.3. The second kappa shape index (κ2) is 21.7. The van der Waals surface area contributed by atoms with Gasteiger partial charge in [-0.25, -0.2) is 4.79 Å². The molecule has 0 saturated carbocycles. The summed E-state index contributed by atoms with van der Waals surface area (Å²) < 4.78 is 6.28. The number of halogens is 1. The van der Waals surface area contributed by atoms with E-state index in [9.17, 15) is 24.3 Å². The molecule has 0 aromatic heterocycles. The van der Waals surface area contributed by atoms with Crippen LogP contribution in [-0.2, 0) is 45.2 Å². The van der Waals surface area contributed by atoms with Gasteiger partial charge in [0, 0.05) is 17.6 Å². The molecule has 0 unspecified atom stereocenters. The van der Waals surface area contributed by atoms with Gasteiger partial charge in [-0.2, -0.15) is 0 Å². The van der Waals surface area contributed by atoms with E-state index in [0.717, 1.165) is 26.7 Å². The van der Waals surface area contributed by atoms with Crippen LogP contribution in [0.25, 0.3) is 0 Å². The molecule has 0 aliphatic heterocycles. The fraction of sp³-hybridized carbons (Fsp3) is 0.349. The molecule has 12 heteroatoms. The zero-order valence-electron chi connectivity index (χ0n) is 31.7. The minimum Gasteiger partial charge on any atom is -0.445 e. The maximum atomic E-state index is 14.3. The first-order valence-corrected chi connectivity index (χ1v) is 19.3. The lowest BCUT2D eigenvalue weighted by atomic mass is 9.93. The Morgan fingerprint density at radius 3 is 1.64 bits per heavy atom. The second-order valence-electron chi connectivity index (χ2n) is 14.1. The average molecular weight is 815 g/mol. The molecular weight excluding hydrogens is 762 g/mol. The molecular formula is C43H52BrN5O6. The maximum Gasteiger partial charge on any atom is 0.408 e. The first kappa shape index (κ1) is 42.7. The van der Waals surface area contributed by atoms with Gasteiger partial charge in [0.2, 0.25) is 17.7 Å². The highest BCUT2D eigenvalue weighted by molar-refractivity contribution is 9.10. The first-order chi connectivity index (χ1) is 26.4. The summed E-state index contributed by atoms with van der Waals surface area (Å²) >= 11 is 3.45. The predicted molar refractivity (Wildman–Crippen MR) is 216 cm³/mol. The van der Waals surface area contributed by atoms with E-state index in [2.05, 4.69) is 42.5 Å². The van der Waals surface area contributed by atoms with E-state index in [1.54, 1.807) is 13.8 Å². The van der Waals surface area contributed by atoms with Crippen LogP contribution in [0, 0.1) is 11.8 Å². The topological polar surface area (TPSA) is 158 Å². The lowest BCUT2D eigenvalue weighted by Crippen LogP contribution is -2.63. The largest absolute Gasteiger partial charge is 0.445 e. The van der Waals surface area contributed by atoms with Crippen LogP contribution >= 0.6 is 15.9 Å². The summed E-state index contributed by atoms with van der Waals surface area (Å²) in [4.78, 5) is 54.6. The van der Waals surface area contributed by atoms with Gasteiger partial charge in [-0.05, 0) is 52.6 Å². The van der Waals surface area contributed by atoms with Crippen molar-refractivity contribution in [2.45, 2.75) is 84.1 Å². The molecule has 4 aromatic carbocycles. The highest BCUT2D eigenvalue weighted by Crippen LogP contribution is 2.15. The number of nitrogens with one attached hydrogen (secondary N) is 5.